The second-order valence-electron chi connectivity index (χ2n) is 4.17. The van der Waals surface area contributed by atoms with Crippen LogP contribution >= 0.6 is 0 Å². The summed E-state index contributed by atoms with van der Waals surface area (Å²) >= 11 is 0. The van der Waals surface area contributed by atoms with Gasteiger partial charge >= 0.3 is 5.97 Å². The van der Waals surface area contributed by atoms with Gasteiger partial charge in [-0.2, -0.15) is 0 Å². The summed E-state index contributed by atoms with van der Waals surface area (Å²) in [5.41, 5.74) is 2.21. The van der Waals surface area contributed by atoms with Crippen molar-refractivity contribution in [3.05, 3.63) is 29.8 Å². The summed E-state index contributed by atoms with van der Waals surface area (Å²) in [6, 6.07) is 7.49. The lowest BCUT2D eigenvalue weighted by Crippen LogP contribution is -2.45. The van der Waals surface area contributed by atoms with Crippen LogP contribution in [-0.2, 0) is 4.79 Å². The molecule has 0 bridgehead atoms. The lowest BCUT2D eigenvalue weighted by Gasteiger charge is -2.24. The molecule has 0 aliphatic rings. The van der Waals surface area contributed by atoms with Crippen LogP contribution in [0.4, 0.5) is 5.69 Å². The Bertz CT molecular complexity index is 379. The Hall–Kier alpha value is -1.55. The van der Waals surface area contributed by atoms with Gasteiger partial charge < -0.3 is 15.3 Å². The summed E-state index contributed by atoms with van der Waals surface area (Å²) < 4.78 is 0. The number of carboxylic acid groups (broad SMARTS) is 1. The van der Waals surface area contributed by atoms with Gasteiger partial charge in [-0.05, 0) is 31.2 Å². The second-order valence-corrected chi connectivity index (χ2v) is 4.17. The van der Waals surface area contributed by atoms with E-state index in [2.05, 4.69) is 5.32 Å². The Morgan fingerprint density at radius 1 is 1.53 bits per heavy atom. The number of hydrogen-bond donors (Lipinski definition) is 2. The fourth-order valence-corrected chi connectivity index (χ4v) is 1.72. The fraction of sp³-hybridized carbons (Fsp3) is 0.462. The van der Waals surface area contributed by atoms with Crippen molar-refractivity contribution in [3.8, 4) is 0 Å². The Morgan fingerprint density at radius 3 is 2.76 bits per heavy atom. The number of carbonyl (C=O) groups is 1. The molecule has 1 atom stereocenters. The molecule has 1 aromatic rings. The molecule has 0 aliphatic carbocycles. The first-order valence-corrected chi connectivity index (χ1v) is 5.78. The van der Waals surface area contributed by atoms with E-state index < -0.39 is 12.0 Å². The van der Waals surface area contributed by atoms with Crippen molar-refractivity contribution in [2.75, 3.05) is 25.0 Å². The van der Waals surface area contributed by atoms with Gasteiger partial charge in [-0.3, -0.25) is 4.79 Å². The molecule has 2 N–H and O–H groups in total. The molecule has 0 radical (unpaired) electrons. The normalized spacial score (nSPS) is 12.2. The van der Waals surface area contributed by atoms with E-state index in [-0.39, 0.29) is 0 Å². The zero-order chi connectivity index (χ0) is 12.8. The van der Waals surface area contributed by atoms with Gasteiger partial charge in [0.25, 0.3) is 0 Å². The third-order valence-corrected chi connectivity index (χ3v) is 2.65. The minimum Gasteiger partial charge on any atom is -0.480 e. The number of aliphatic carboxylic acids is 1. The van der Waals surface area contributed by atoms with Crippen LogP contribution < -0.4 is 10.2 Å². The van der Waals surface area contributed by atoms with Crippen molar-refractivity contribution in [1.82, 2.24) is 5.32 Å². The lowest BCUT2D eigenvalue weighted by molar-refractivity contribution is -0.139. The SMILES string of the molecule is CCNC(CN(C)c1cccc(C)c1)C(=O)O. The van der Waals surface area contributed by atoms with Gasteiger partial charge in [-0.25, -0.2) is 0 Å². The lowest BCUT2D eigenvalue weighted by atomic mass is 10.2. The van der Waals surface area contributed by atoms with Crippen LogP contribution in [0.15, 0.2) is 24.3 Å². The quantitative estimate of drug-likeness (QED) is 0.786. The number of benzene rings is 1. The van der Waals surface area contributed by atoms with Gasteiger partial charge in [0.2, 0.25) is 0 Å². The maximum atomic E-state index is 11.0. The van der Waals surface area contributed by atoms with Crippen LogP contribution in [0, 0.1) is 6.92 Å². The van der Waals surface area contributed by atoms with E-state index in [4.69, 9.17) is 5.11 Å². The van der Waals surface area contributed by atoms with Crippen molar-refractivity contribution in [3.63, 3.8) is 0 Å². The van der Waals surface area contributed by atoms with E-state index in [9.17, 15) is 4.79 Å². The molecule has 0 aromatic heterocycles. The first-order chi connectivity index (χ1) is 8.04. The van der Waals surface area contributed by atoms with Crippen LogP contribution in [-0.4, -0.2) is 37.3 Å². The van der Waals surface area contributed by atoms with Crippen molar-refractivity contribution in [2.24, 2.45) is 0 Å². The highest BCUT2D eigenvalue weighted by atomic mass is 16.4. The van der Waals surface area contributed by atoms with Gasteiger partial charge in [0.15, 0.2) is 0 Å². The summed E-state index contributed by atoms with van der Waals surface area (Å²) in [4.78, 5) is 13.0. The van der Waals surface area contributed by atoms with Crippen molar-refractivity contribution in [2.45, 2.75) is 19.9 Å². The average Bonchev–Trinajstić information content (AvgIpc) is 2.28. The number of nitrogens with one attached hydrogen (secondary N) is 1. The molecule has 4 heteroatoms. The molecule has 17 heavy (non-hydrogen) atoms. The molecule has 0 heterocycles. The van der Waals surface area contributed by atoms with Crippen LogP contribution in [0.1, 0.15) is 12.5 Å². The Labute approximate surface area is 102 Å². The molecule has 0 saturated heterocycles. The van der Waals surface area contributed by atoms with Crippen LogP contribution in [0.3, 0.4) is 0 Å². The van der Waals surface area contributed by atoms with Crippen LogP contribution in [0.5, 0.6) is 0 Å². The third kappa shape index (κ3) is 4.07. The first kappa shape index (κ1) is 13.5. The number of aryl methyl sites for hydroxylation is 1. The van der Waals surface area contributed by atoms with E-state index in [1.54, 1.807) is 0 Å². The highest BCUT2D eigenvalue weighted by Crippen LogP contribution is 2.14. The Balaban J connectivity index is 2.69. The van der Waals surface area contributed by atoms with Crippen molar-refractivity contribution >= 4 is 11.7 Å². The fourth-order valence-electron chi connectivity index (χ4n) is 1.72. The molecular weight excluding hydrogens is 216 g/mol. The molecule has 0 fully saturated rings. The van der Waals surface area contributed by atoms with E-state index in [0.717, 1.165) is 5.69 Å². The standard InChI is InChI=1S/C13H20N2O2/c1-4-14-12(13(16)17)9-15(3)11-7-5-6-10(2)8-11/h5-8,12,14H,4,9H2,1-3H3,(H,16,17). The second kappa shape index (κ2) is 6.25. The number of likely N-dealkylation sites (N-methyl/N-ethyl adjacent to an activating group) is 2. The number of hydrogen-bond acceptors (Lipinski definition) is 3. The predicted molar refractivity (Wildman–Crippen MR) is 69.5 cm³/mol. The molecule has 1 unspecified atom stereocenters. The molecule has 4 nitrogen and oxygen atoms in total. The Morgan fingerprint density at radius 2 is 2.24 bits per heavy atom. The predicted octanol–water partition coefficient (Wildman–Crippen LogP) is 1.49. The molecule has 94 valence electrons. The molecule has 1 rings (SSSR count). The summed E-state index contributed by atoms with van der Waals surface area (Å²) in [5, 5.41) is 12.0. The minimum absolute atomic E-state index is 0.451. The van der Waals surface area contributed by atoms with Gasteiger partial charge in [-0.15, -0.1) is 0 Å². The minimum atomic E-state index is -0.814. The third-order valence-electron chi connectivity index (χ3n) is 2.65. The molecule has 0 aliphatic heterocycles. The largest absolute Gasteiger partial charge is 0.480 e. The van der Waals surface area contributed by atoms with Crippen LogP contribution in [0.25, 0.3) is 0 Å². The van der Waals surface area contributed by atoms with Gasteiger partial charge in [-0.1, -0.05) is 19.1 Å². The van der Waals surface area contributed by atoms with Gasteiger partial charge in [0.05, 0.1) is 0 Å². The smallest absolute Gasteiger partial charge is 0.322 e. The summed E-state index contributed by atoms with van der Waals surface area (Å²) in [7, 11) is 1.90. The average molecular weight is 236 g/mol. The molecule has 1 aromatic carbocycles. The number of nitrogens with zero attached hydrogens (tertiary/aromatic N) is 1. The molecule has 0 spiro atoms. The number of carboxylic acids is 1. The van der Waals surface area contributed by atoms with E-state index in [1.165, 1.54) is 5.56 Å². The van der Waals surface area contributed by atoms with Crippen molar-refractivity contribution < 1.29 is 9.90 Å². The van der Waals surface area contributed by atoms with Gasteiger partial charge in [0.1, 0.15) is 6.04 Å². The molecule has 0 amide bonds. The maximum absolute atomic E-state index is 11.0. The monoisotopic (exact) mass is 236 g/mol. The maximum Gasteiger partial charge on any atom is 0.322 e. The summed E-state index contributed by atoms with van der Waals surface area (Å²) in [6.07, 6.45) is 0. The zero-order valence-corrected chi connectivity index (χ0v) is 10.6. The molecular formula is C13H20N2O2. The van der Waals surface area contributed by atoms with Crippen LogP contribution in [0.2, 0.25) is 0 Å². The topological polar surface area (TPSA) is 52.6 Å². The first-order valence-electron chi connectivity index (χ1n) is 5.78. The van der Waals surface area contributed by atoms with E-state index in [1.807, 2.05) is 50.1 Å². The van der Waals surface area contributed by atoms with Gasteiger partial charge in [0, 0.05) is 19.3 Å². The number of anilines is 1. The van der Waals surface area contributed by atoms with E-state index >= 15 is 0 Å². The molecule has 0 saturated carbocycles. The highest BCUT2D eigenvalue weighted by Gasteiger charge is 2.18. The Kier molecular flexibility index (Phi) is 4.97. The van der Waals surface area contributed by atoms with Crippen molar-refractivity contribution in [1.29, 1.82) is 0 Å². The summed E-state index contributed by atoms with van der Waals surface area (Å²) in [5.74, 6) is -0.814. The summed E-state index contributed by atoms with van der Waals surface area (Å²) in [6.45, 7) is 5.03. The number of rotatable bonds is 6. The van der Waals surface area contributed by atoms with E-state index in [0.29, 0.717) is 13.1 Å². The zero-order valence-electron chi connectivity index (χ0n) is 10.6. The highest BCUT2D eigenvalue weighted by molar-refractivity contribution is 5.74.